The quantitative estimate of drug-likeness (QED) is 0.375. The third-order valence-electron chi connectivity index (χ3n) is 8.79. The maximum Gasteiger partial charge on any atom is 0.0710 e. The summed E-state index contributed by atoms with van der Waals surface area (Å²) in [6, 6.07) is 0. The van der Waals surface area contributed by atoms with Crippen LogP contribution in [-0.4, -0.2) is 22.4 Å². The molecule has 2 bridgehead atoms. The highest BCUT2D eigenvalue weighted by atomic mass is 16.3. The highest BCUT2D eigenvalue weighted by Gasteiger charge is 2.49. The van der Waals surface area contributed by atoms with E-state index in [0.29, 0.717) is 11.3 Å². The van der Waals surface area contributed by atoms with E-state index in [1.165, 1.54) is 42.4 Å². The summed E-state index contributed by atoms with van der Waals surface area (Å²) in [6.45, 7) is 17.5. The van der Waals surface area contributed by atoms with Crippen molar-refractivity contribution in [3.05, 3.63) is 47.1 Å². The number of hydrogen-bond acceptors (Lipinski definition) is 2. The van der Waals surface area contributed by atoms with Gasteiger partial charge in [-0.15, -0.1) is 0 Å². The molecule has 32 heavy (non-hydrogen) atoms. The number of fused-ring (bicyclic) bond motifs is 2. The maximum atomic E-state index is 10.6. The van der Waals surface area contributed by atoms with Gasteiger partial charge in [0.2, 0.25) is 0 Å². The molecule has 0 saturated heterocycles. The number of aliphatic hydroxyl groups excluding tert-OH is 1. The summed E-state index contributed by atoms with van der Waals surface area (Å²) in [5, 5.41) is 19.5. The highest BCUT2D eigenvalue weighted by molar-refractivity contribution is 5.24. The van der Waals surface area contributed by atoms with Crippen LogP contribution in [0.15, 0.2) is 47.1 Å². The van der Waals surface area contributed by atoms with Crippen molar-refractivity contribution in [3.8, 4) is 0 Å². The highest BCUT2D eigenvalue weighted by Crippen LogP contribution is 2.60. The molecule has 3 aliphatic rings. The van der Waals surface area contributed by atoms with Crippen LogP contribution < -0.4 is 0 Å². The van der Waals surface area contributed by atoms with Gasteiger partial charge in [0.1, 0.15) is 0 Å². The Balaban J connectivity index is 0.000000227. The fraction of sp³-hybridized carbons (Fsp3) is 0.733. The van der Waals surface area contributed by atoms with E-state index >= 15 is 0 Å². The van der Waals surface area contributed by atoms with E-state index in [9.17, 15) is 5.11 Å². The first kappa shape index (κ1) is 27.1. The predicted octanol–water partition coefficient (Wildman–Crippen LogP) is 7.93. The molecule has 182 valence electrons. The predicted molar refractivity (Wildman–Crippen MR) is 139 cm³/mol. The molecule has 0 amide bonds. The molecule has 0 spiro atoms. The molecule has 3 aliphatic carbocycles. The van der Waals surface area contributed by atoms with Crippen molar-refractivity contribution >= 4 is 0 Å². The lowest BCUT2D eigenvalue weighted by Crippen LogP contribution is -2.37. The van der Waals surface area contributed by atoms with Crippen LogP contribution in [0.5, 0.6) is 0 Å². The summed E-state index contributed by atoms with van der Waals surface area (Å²) < 4.78 is 0. The molecule has 0 heterocycles. The fourth-order valence-corrected chi connectivity index (χ4v) is 5.96. The summed E-state index contributed by atoms with van der Waals surface area (Å²) in [6.07, 6.45) is 18.2. The molecule has 0 radical (unpaired) electrons. The van der Waals surface area contributed by atoms with E-state index in [0.717, 1.165) is 55.9 Å². The average Bonchev–Trinajstić information content (AvgIpc) is 3.33. The van der Waals surface area contributed by atoms with Crippen LogP contribution in [0.3, 0.4) is 0 Å². The van der Waals surface area contributed by atoms with Crippen molar-refractivity contribution in [2.45, 2.75) is 111 Å². The van der Waals surface area contributed by atoms with E-state index < -0.39 is 5.60 Å². The van der Waals surface area contributed by atoms with Crippen LogP contribution in [0.2, 0.25) is 0 Å². The molecule has 0 aromatic carbocycles. The molecule has 0 aromatic heterocycles. The van der Waals surface area contributed by atoms with Crippen LogP contribution in [0, 0.1) is 23.2 Å². The molecule has 2 fully saturated rings. The Morgan fingerprint density at radius 1 is 1.22 bits per heavy atom. The van der Waals surface area contributed by atoms with Gasteiger partial charge in [0.25, 0.3) is 0 Å². The minimum absolute atomic E-state index is 0.198. The second kappa shape index (κ2) is 11.8. The maximum absolute atomic E-state index is 10.6. The van der Waals surface area contributed by atoms with Gasteiger partial charge in [0, 0.05) is 0 Å². The van der Waals surface area contributed by atoms with Crippen LogP contribution in [-0.2, 0) is 0 Å². The first-order chi connectivity index (χ1) is 15.0. The monoisotopic (exact) mass is 442 g/mol. The Kier molecular flexibility index (Phi) is 10.0. The molecule has 2 N–H and O–H groups in total. The minimum Gasteiger partial charge on any atom is -0.392 e. The molecule has 0 aliphatic heterocycles. The normalized spacial score (nSPS) is 32.8. The van der Waals surface area contributed by atoms with E-state index in [1.54, 1.807) is 0 Å². The summed E-state index contributed by atoms with van der Waals surface area (Å²) in [4.78, 5) is 0. The SMILES string of the molecule is C=C1[C@@H]2CC[C@@H](C2)[C@@]1(C)CC/C=C(/C)CO.CC(C)=CCC[C@H](C)[C@@]1(O)CC=C(C)CC1. The molecule has 3 rings (SSSR count). The van der Waals surface area contributed by atoms with Crippen molar-refractivity contribution in [1.29, 1.82) is 0 Å². The number of hydrogen-bond donors (Lipinski definition) is 2. The molecule has 5 atom stereocenters. The largest absolute Gasteiger partial charge is 0.392 e. The summed E-state index contributed by atoms with van der Waals surface area (Å²) >= 11 is 0. The average molecular weight is 443 g/mol. The van der Waals surface area contributed by atoms with Gasteiger partial charge >= 0.3 is 0 Å². The van der Waals surface area contributed by atoms with Crippen molar-refractivity contribution in [2.24, 2.45) is 23.2 Å². The Labute approximate surface area is 198 Å². The standard InChI is InChI=1S/C15H24O.C15H26O/c1-11(10-16)5-4-8-15(3)12(2)13-6-7-14(15)9-13;1-12(2)6-5-7-14(4)15(16)10-8-13(3)9-11-15/h5,13-14,16H,2,4,6-10H2,1,3H3;6,8,14,16H,5,7,9-11H2,1-4H3/b11-5-;/t13-,14+,15+;14-,15+/m10/s1. The lowest BCUT2D eigenvalue weighted by Gasteiger charge is -2.36. The molecule has 2 heteroatoms. The van der Waals surface area contributed by atoms with Crippen molar-refractivity contribution < 1.29 is 10.2 Å². The van der Waals surface area contributed by atoms with Crippen LogP contribution in [0.1, 0.15) is 106 Å². The van der Waals surface area contributed by atoms with Crippen LogP contribution >= 0.6 is 0 Å². The number of allylic oxidation sites excluding steroid dienone is 5. The molecule has 0 unspecified atom stereocenters. The molecule has 2 saturated carbocycles. The zero-order chi connectivity index (χ0) is 23.9. The van der Waals surface area contributed by atoms with E-state index in [4.69, 9.17) is 5.11 Å². The van der Waals surface area contributed by atoms with Crippen molar-refractivity contribution in [1.82, 2.24) is 0 Å². The zero-order valence-electron chi connectivity index (χ0n) is 21.8. The van der Waals surface area contributed by atoms with Gasteiger partial charge in [0.15, 0.2) is 0 Å². The fourth-order valence-electron chi connectivity index (χ4n) is 5.96. The molecule has 0 aromatic rings. The molecule has 2 nitrogen and oxygen atoms in total. The molecular formula is C30H50O2. The first-order valence-electron chi connectivity index (χ1n) is 13.0. The lowest BCUT2D eigenvalue weighted by molar-refractivity contribution is -0.0234. The van der Waals surface area contributed by atoms with E-state index in [1.807, 2.05) is 6.92 Å². The third-order valence-corrected chi connectivity index (χ3v) is 8.79. The second-order valence-electron chi connectivity index (χ2n) is 11.5. The number of aliphatic hydroxyl groups is 2. The summed E-state index contributed by atoms with van der Waals surface area (Å²) in [7, 11) is 0. The zero-order valence-corrected chi connectivity index (χ0v) is 21.8. The smallest absolute Gasteiger partial charge is 0.0710 e. The van der Waals surface area contributed by atoms with Gasteiger partial charge in [0.05, 0.1) is 12.2 Å². The topological polar surface area (TPSA) is 40.5 Å². The summed E-state index contributed by atoms with van der Waals surface area (Å²) in [5.41, 5.74) is 5.35. The molecular weight excluding hydrogens is 392 g/mol. The van der Waals surface area contributed by atoms with Gasteiger partial charge in [-0.1, -0.05) is 60.9 Å². The van der Waals surface area contributed by atoms with Gasteiger partial charge < -0.3 is 10.2 Å². The Morgan fingerprint density at radius 2 is 1.94 bits per heavy atom. The Morgan fingerprint density at radius 3 is 2.47 bits per heavy atom. The van der Waals surface area contributed by atoms with Gasteiger partial charge in [-0.2, -0.15) is 0 Å². The lowest BCUT2D eigenvalue weighted by atomic mass is 9.69. The number of rotatable bonds is 8. The van der Waals surface area contributed by atoms with Crippen molar-refractivity contribution in [3.63, 3.8) is 0 Å². The van der Waals surface area contributed by atoms with Gasteiger partial charge in [-0.05, 0) is 115 Å². The summed E-state index contributed by atoms with van der Waals surface area (Å²) in [5.74, 6) is 2.10. The second-order valence-corrected chi connectivity index (χ2v) is 11.5. The van der Waals surface area contributed by atoms with Crippen LogP contribution in [0.25, 0.3) is 0 Å². The minimum atomic E-state index is -0.449. The van der Waals surface area contributed by atoms with Crippen molar-refractivity contribution in [2.75, 3.05) is 6.61 Å². The van der Waals surface area contributed by atoms with Gasteiger partial charge in [-0.3, -0.25) is 0 Å². The van der Waals surface area contributed by atoms with Gasteiger partial charge in [-0.25, -0.2) is 0 Å². The van der Waals surface area contributed by atoms with Crippen LogP contribution in [0.4, 0.5) is 0 Å². The Hall–Kier alpha value is -1.12. The van der Waals surface area contributed by atoms with E-state index in [-0.39, 0.29) is 6.61 Å². The third kappa shape index (κ3) is 6.94. The van der Waals surface area contributed by atoms with E-state index in [2.05, 4.69) is 59.4 Å². The Bertz CT molecular complexity index is 723. The first-order valence-corrected chi connectivity index (χ1v) is 13.0.